The Labute approximate surface area is 189 Å². The molecule has 3 aromatic rings. The summed E-state index contributed by atoms with van der Waals surface area (Å²) in [6, 6.07) is 4.03. The summed E-state index contributed by atoms with van der Waals surface area (Å²) in [5.41, 5.74) is 3.52. The van der Waals surface area contributed by atoms with E-state index in [4.69, 9.17) is 19.4 Å². The van der Waals surface area contributed by atoms with E-state index < -0.39 is 0 Å². The molecule has 166 valence electrons. The quantitative estimate of drug-likeness (QED) is 0.412. The van der Waals surface area contributed by atoms with Gasteiger partial charge in [-0.3, -0.25) is 9.38 Å². The van der Waals surface area contributed by atoms with Gasteiger partial charge in [-0.05, 0) is 56.1 Å². The molecule has 6 nitrogen and oxygen atoms in total. The fraction of sp³-hybridized carbons (Fsp3) is 0.500. The van der Waals surface area contributed by atoms with Crippen LogP contribution in [0.3, 0.4) is 0 Å². The molecule has 0 amide bonds. The van der Waals surface area contributed by atoms with Crippen molar-refractivity contribution in [3.63, 3.8) is 0 Å². The lowest BCUT2D eigenvalue weighted by atomic mass is 9.85. The van der Waals surface area contributed by atoms with E-state index in [1.54, 1.807) is 26.0 Å². The maximum Gasteiger partial charge on any atom is 0.166 e. The lowest BCUT2D eigenvalue weighted by Gasteiger charge is -2.33. The summed E-state index contributed by atoms with van der Waals surface area (Å²) in [7, 11) is 3.37. The topological polar surface area (TPSA) is 51.9 Å². The molecule has 0 unspecified atom stereocenters. The first-order valence-corrected chi connectivity index (χ1v) is 12.2. The van der Waals surface area contributed by atoms with Crippen LogP contribution in [-0.4, -0.2) is 47.9 Å². The predicted octanol–water partition coefficient (Wildman–Crippen LogP) is 5.46. The maximum absolute atomic E-state index is 5.72. The monoisotopic (exact) mass is 440 g/mol. The second kappa shape index (κ2) is 9.39. The Morgan fingerprint density at radius 1 is 1.19 bits per heavy atom. The van der Waals surface area contributed by atoms with Gasteiger partial charge in [0, 0.05) is 25.5 Å². The van der Waals surface area contributed by atoms with Crippen molar-refractivity contribution in [2.45, 2.75) is 44.6 Å². The second-order valence-electron chi connectivity index (χ2n) is 8.20. The van der Waals surface area contributed by atoms with Crippen LogP contribution in [0.5, 0.6) is 11.5 Å². The normalized spacial score (nSPS) is 14.0. The average molecular weight is 441 g/mol. The SMILES string of the molecule is CCCN(CC1CCC1)c1c(SC)nc2c(-c3c(OC)cc(C)cc3OC)nccn12. The predicted molar refractivity (Wildman–Crippen MR) is 128 cm³/mol. The molecule has 0 atom stereocenters. The van der Waals surface area contributed by atoms with Crippen LogP contribution in [0.25, 0.3) is 16.9 Å². The molecule has 0 bridgehead atoms. The first kappa shape index (κ1) is 21.8. The van der Waals surface area contributed by atoms with Crippen molar-refractivity contribution in [1.29, 1.82) is 0 Å². The Balaban J connectivity index is 1.91. The molecule has 7 heteroatoms. The van der Waals surface area contributed by atoms with E-state index in [0.29, 0.717) is 0 Å². The third kappa shape index (κ3) is 4.07. The van der Waals surface area contributed by atoms with Crippen LogP contribution in [0, 0.1) is 12.8 Å². The standard InChI is InChI=1S/C24H32N4O2S/c1-6-11-27(15-17-8-7-9-17)24-23(31-5)26-22-21(25-10-12-28(22)24)20-18(29-3)13-16(2)14-19(20)30-4/h10,12-14,17H,6-9,11,15H2,1-5H3. The Kier molecular flexibility index (Phi) is 6.60. The van der Waals surface area contributed by atoms with Gasteiger partial charge in [0.1, 0.15) is 28.0 Å². The number of methoxy groups -OCH3 is 2. The molecule has 1 fully saturated rings. The summed E-state index contributed by atoms with van der Waals surface area (Å²) in [6.07, 6.45) is 11.1. The summed E-state index contributed by atoms with van der Waals surface area (Å²) in [6.45, 7) is 6.38. The van der Waals surface area contributed by atoms with Gasteiger partial charge in [0.15, 0.2) is 5.65 Å². The minimum absolute atomic E-state index is 0.743. The lowest BCUT2D eigenvalue weighted by Crippen LogP contribution is -2.34. The zero-order chi connectivity index (χ0) is 22.0. The number of hydrogen-bond donors (Lipinski definition) is 0. The number of benzene rings is 1. The Hall–Kier alpha value is -2.41. The van der Waals surface area contributed by atoms with Crippen LogP contribution in [0.15, 0.2) is 29.6 Å². The van der Waals surface area contributed by atoms with E-state index in [1.165, 1.54) is 25.1 Å². The highest BCUT2D eigenvalue weighted by Crippen LogP contribution is 2.42. The smallest absolute Gasteiger partial charge is 0.166 e. The van der Waals surface area contributed by atoms with Crippen LogP contribution in [0.2, 0.25) is 0 Å². The third-order valence-electron chi connectivity index (χ3n) is 6.06. The van der Waals surface area contributed by atoms with E-state index in [2.05, 4.69) is 22.5 Å². The highest BCUT2D eigenvalue weighted by Gasteiger charge is 2.27. The van der Waals surface area contributed by atoms with Gasteiger partial charge in [0.2, 0.25) is 0 Å². The minimum Gasteiger partial charge on any atom is -0.496 e. The van der Waals surface area contributed by atoms with Gasteiger partial charge in [-0.15, -0.1) is 11.8 Å². The Bertz CT molecular complexity index is 1040. The zero-order valence-electron chi connectivity index (χ0n) is 19.1. The highest BCUT2D eigenvalue weighted by molar-refractivity contribution is 7.98. The van der Waals surface area contributed by atoms with Gasteiger partial charge in [-0.25, -0.2) is 4.98 Å². The van der Waals surface area contributed by atoms with Gasteiger partial charge < -0.3 is 14.4 Å². The molecule has 1 saturated carbocycles. The van der Waals surface area contributed by atoms with Gasteiger partial charge in [-0.1, -0.05) is 13.3 Å². The number of thioether (sulfide) groups is 1. The zero-order valence-corrected chi connectivity index (χ0v) is 20.0. The van der Waals surface area contributed by atoms with Crippen molar-refractivity contribution in [3.05, 3.63) is 30.1 Å². The molecule has 0 radical (unpaired) electrons. The number of nitrogens with zero attached hydrogens (tertiary/aromatic N) is 4. The molecular weight excluding hydrogens is 408 g/mol. The molecule has 0 N–H and O–H groups in total. The number of imidazole rings is 1. The van der Waals surface area contributed by atoms with Crippen LogP contribution < -0.4 is 14.4 Å². The fourth-order valence-corrected chi connectivity index (χ4v) is 4.95. The minimum atomic E-state index is 0.743. The molecule has 1 aliphatic carbocycles. The van der Waals surface area contributed by atoms with E-state index >= 15 is 0 Å². The first-order valence-electron chi connectivity index (χ1n) is 11.0. The first-order chi connectivity index (χ1) is 15.1. The lowest BCUT2D eigenvalue weighted by molar-refractivity contribution is 0.316. The van der Waals surface area contributed by atoms with E-state index in [0.717, 1.165) is 64.4 Å². The highest BCUT2D eigenvalue weighted by atomic mass is 32.2. The molecule has 1 aromatic carbocycles. The average Bonchev–Trinajstić information content (AvgIpc) is 3.13. The summed E-state index contributed by atoms with van der Waals surface area (Å²) < 4.78 is 13.6. The number of fused-ring (bicyclic) bond motifs is 1. The molecule has 0 aliphatic heterocycles. The number of aryl methyl sites for hydroxylation is 1. The van der Waals surface area contributed by atoms with Crippen molar-refractivity contribution in [2.75, 3.05) is 38.5 Å². The fourth-order valence-electron chi connectivity index (χ4n) is 4.36. The molecule has 0 spiro atoms. The molecule has 4 rings (SSSR count). The second-order valence-corrected chi connectivity index (χ2v) is 9.00. The van der Waals surface area contributed by atoms with Crippen molar-refractivity contribution >= 4 is 23.2 Å². The molecule has 1 aliphatic rings. The van der Waals surface area contributed by atoms with Gasteiger partial charge in [-0.2, -0.15) is 0 Å². The Morgan fingerprint density at radius 3 is 2.45 bits per heavy atom. The largest absolute Gasteiger partial charge is 0.496 e. The number of ether oxygens (including phenoxy) is 2. The maximum atomic E-state index is 5.72. The van der Waals surface area contributed by atoms with Crippen molar-refractivity contribution < 1.29 is 9.47 Å². The molecule has 2 heterocycles. The van der Waals surface area contributed by atoms with E-state index in [1.807, 2.05) is 31.5 Å². The van der Waals surface area contributed by atoms with Gasteiger partial charge in [0.05, 0.1) is 19.8 Å². The van der Waals surface area contributed by atoms with Crippen molar-refractivity contribution in [2.24, 2.45) is 5.92 Å². The van der Waals surface area contributed by atoms with Crippen LogP contribution in [0.4, 0.5) is 5.82 Å². The van der Waals surface area contributed by atoms with Gasteiger partial charge in [0.25, 0.3) is 0 Å². The molecular formula is C24H32N4O2S. The summed E-state index contributed by atoms with van der Waals surface area (Å²) in [5, 5.41) is 1.03. The number of hydrogen-bond acceptors (Lipinski definition) is 6. The van der Waals surface area contributed by atoms with Crippen LogP contribution in [-0.2, 0) is 0 Å². The summed E-state index contributed by atoms with van der Waals surface area (Å²) in [4.78, 5) is 12.3. The Morgan fingerprint density at radius 2 is 1.90 bits per heavy atom. The molecule has 0 saturated heterocycles. The van der Waals surface area contributed by atoms with E-state index in [-0.39, 0.29) is 0 Å². The third-order valence-corrected chi connectivity index (χ3v) is 6.72. The summed E-state index contributed by atoms with van der Waals surface area (Å²) in [5.74, 6) is 3.44. The number of rotatable bonds is 9. The summed E-state index contributed by atoms with van der Waals surface area (Å²) >= 11 is 1.69. The number of anilines is 1. The van der Waals surface area contributed by atoms with Crippen molar-refractivity contribution in [1.82, 2.24) is 14.4 Å². The molecule has 2 aromatic heterocycles. The molecule has 31 heavy (non-hydrogen) atoms. The van der Waals surface area contributed by atoms with Crippen molar-refractivity contribution in [3.8, 4) is 22.8 Å². The number of aromatic nitrogens is 3. The van der Waals surface area contributed by atoms with Gasteiger partial charge >= 0.3 is 0 Å². The van der Waals surface area contributed by atoms with E-state index in [9.17, 15) is 0 Å². The van der Waals surface area contributed by atoms with Crippen LogP contribution >= 0.6 is 11.8 Å². The van der Waals surface area contributed by atoms with Crippen LogP contribution in [0.1, 0.15) is 38.2 Å².